The molecule has 1 saturated heterocycles. The fourth-order valence-electron chi connectivity index (χ4n) is 2.74. The van der Waals surface area contributed by atoms with Crippen LogP contribution >= 0.6 is 11.8 Å². The smallest absolute Gasteiger partial charge is 0.244 e. The Morgan fingerprint density at radius 1 is 1.33 bits per heavy atom. The van der Waals surface area contributed by atoms with Gasteiger partial charge in [0.05, 0.1) is 0 Å². The van der Waals surface area contributed by atoms with E-state index in [2.05, 4.69) is 17.0 Å². The zero-order chi connectivity index (χ0) is 15.7. The second-order valence-electron chi connectivity index (χ2n) is 5.78. The van der Waals surface area contributed by atoms with Crippen molar-refractivity contribution in [1.29, 1.82) is 0 Å². The number of nitrogens with one attached hydrogen (secondary N) is 2. The van der Waals surface area contributed by atoms with E-state index >= 15 is 0 Å². The van der Waals surface area contributed by atoms with Gasteiger partial charge in [-0.15, -0.1) is 0 Å². The quantitative estimate of drug-likeness (QED) is 0.835. The van der Waals surface area contributed by atoms with Gasteiger partial charge in [-0.25, -0.2) is 13.1 Å². The molecule has 1 atom stereocenters. The van der Waals surface area contributed by atoms with Crippen molar-refractivity contribution in [2.45, 2.75) is 49.8 Å². The second-order valence-corrected chi connectivity index (χ2v) is 9.17. The Morgan fingerprint density at radius 3 is 2.62 bits per heavy atom. The molecule has 1 aromatic rings. The normalized spacial score (nSPS) is 22.9. The van der Waals surface area contributed by atoms with E-state index in [4.69, 9.17) is 4.42 Å². The molecule has 0 spiro atoms. The van der Waals surface area contributed by atoms with Crippen LogP contribution in [0.2, 0.25) is 0 Å². The third kappa shape index (κ3) is 3.64. The van der Waals surface area contributed by atoms with E-state index in [1.165, 1.54) is 0 Å². The van der Waals surface area contributed by atoms with Gasteiger partial charge in [-0.3, -0.25) is 0 Å². The third-order valence-corrected chi connectivity index (χ3v) is 7.02. The number of hydrogen-bond acceptors (Lipinski definition) is 5. The van der Waals surface area contributed by atoms with Crippen molar-refractivity contribution in [3.63, 3.8) is 0 Å². The molecule has 120 valence electrons. The maximum Gasteiger partial charge on any atom is 0.244 e. The van der Waals surface area contributed by atoms with Crippen molar-refractivity contribution in [2.24, 2.45) is 0 Å². The van der Waals surface area contributed by atoms with Crippen LogP contribution < -0.4 is 10.0 Å². The lowest BCUT2D eigenvalue weighted by molar-refractivity contribution is 0.492. The van der Waals surface area contributed by atoms with E-state index in [1.54, 1.807) is 20.9 Å². The van der Waals surface area contributed by atoms with Crippen LogP contribution in [0.3, 0.4) is 0 Å². The van der Waals surface area contributed by atoms with E-state index in [0.29, 0.717) is 35.1 Å². The fraction of sp³-hybridized carbons (Fsp3) is 0.714. The van der Waals surface area contributed by atoms with E-state index in [0.717, 1.165) is 18.6 Å². The van der Waals surface area contributed by atoms with Crippen LogP contribution in [0.5, 0.6) is 0 Å². The lowest BCUT2D eigenvalue weighted by atomic mass is 10.1. The van der Waals surface area contributed by atoms with E-state index in [1.807, 2.05) is 11.8 Å². The molecule has 2 rings (SSSR count). The van der Waals surface area contributed by atoms with Crippen LogP contribution in [0.1, 0.15) is 36.8 Å². The van der Waals surface area contributed by atoms with Crippen molar-refractivity contribution < 1.29 is 12.8 Å². The first-order valence-corrected chi connectivity index (χ1v) is 9.63. The molecule has 2 heterocycles. The van der Waals surface area contributed by atoms with Crippen molar-refractivity contribution in [3.05, 3.63) is 17.1 Å². The lowest BCUT2D eigenvalue weighted by Crippen LogP contribution is -2.37. The Labute approximate surface area is 131 Å². The summed E-state index contributed by atoms with van der Waals surface area (Å²) in [6.45, 7) is 6.56. The highest BCUT2D eigenvalue weighted by atomic mass is 32.2. The third-order valence-electron chi connectivity index (χ3n) is 3.88. The van der Waals surface area contributed by atoms with Gasteiger partial charge in [0, 0.05) is 23.4 Å². The Balaban J connectivity index is 2.23. The van der Waals surface area contributed by atoms with E-state index in [9.17, 15) is 8.42 Å². The number of furan rings is 1. The molecule has 0 radical (unpaired) electrons. The van der Waals surface area contributed by atoms with Crippen molar-refractivity contribution in [2.75, 3.05) is 19.3 Å². The molecule has 2 N–H and O–H groups in total. The molecule has 0 aromatic carbocycles. The summed E-state index contributed by atoms with van der Waals surface area (Å²) in [7, 11) is -1.75. The molecule has 0 saturated carbocycles. The summed E-state index contributed by atoms with van der Waals surface area (Å²) in [5, 5.41) is 3.00. The maximum absolute atomic E-state index is 12.7. The minimum absolute atomic E-state index is 0.00290. The second kappa shape index (κ2) is 6.32. The minimum atomic E-state index is -3.55. The molecular formula is C14H24N2O3S2. The van der Waals surface area contributed by atoms with Gasteiger partial charge in [-0.1, -0.05) is 0 Å². The molecule has 7 heteroatoms. The van der Waals surface area contributed by atoms with Gasteiger partial charge >= 0.3 is 0 Å². The summed E-state index contributed by atoms with van der Waals surface area (Å²) >= 11 is 1.84. The molecule has 0 bridgehead atoms. The molecule has 1 aliphatic heterocycles. The van der Waals surface area contributed by atoms with Gasteiger partial charge in [0.1, 0.15) is 16.4 Å². The van der Waals surface area contributed by atoms with Crippen LogP contribution in [0.25, 0.3) is 0 Å². The average Bonchev–Trinajstić information content (AvgIpc) is 2.94. The highest BCUT2D eigenvalue weighted by Gasteiger charge is 2.33. The Hall–Kier alpha value is -0.500. The van der Waals surface area contributed by atoms with Gasteiger partial charge in [0.2, 0.25) is 10.0 Å². The zero-order valence-corrected chi connectivity index (χ0v) is 14.7. The molecule has 1 fully saturated rings. The molecule has 1 aliphatic rings. The number of thioether (sulfide) groups is 1. The standard InChI is InChI=1S/C14H24N2O3S2/c1-10-12(8-15-4)13(11(2)19-10)21(17,18)16-9-14(3)6-5-7-20-14/h15-16H,5-9H2,1-4H3. The molecule has 0 amide bonds. The molecule has 5 nitrogen and oxygen atoms in total. The summed E-state index contributed by atoms with van der Waals surface area (Å²) in [5.74, 6) is 2.21. The van der Waals surface area contributed by atoms with Crippen LogP contribution in [0.15, 0.2) is 9.31 Å². The van der Waals surface area contributed by atoms with Gasteiger partial charge in [0.15, 0.2) is 0 Å². The number of hydrogen-bond donors (Lipinski definition) is 2. The monoisotopic (exact) mass is 332 g/mol. The summed E-state index contributed by atoms with van der Waals surface area (Å²) in [6, 6.07) is 0. The summed E-state index contributed by atoms with van der Waals surface area (Å²) in [6.07, 6.45) is 2.20. The summed E-state index contributed by atoms with van der Waals surface area (Å²) in [4.78, 5) is 0.293. The molecule has 1 unspecified atom stereocenters. The predicted octanol–water partition coefficient (Wildman–Crippen LogP) is 2.18. The highest BCUT2D eigenvalue weighted by Crippen LogP contribution is 2.37. The molecule has 21 heavy (non-hydrogen) atoms. The van der Waals surface area contributed by atoms with Gasteiger partial charge in [0.25, 0.3) is 0 Å². The van der Waals surface area contributed by atoms with Crippen LogP contribution in [0.4, 0.5) is 0 Å². The predicted molar refractivity (Wildman–Crippen MR) is 86.2 cm³/mol. The molecule has 1 aromatic heterocycles. The Bertz CT molecular complexity index is 602. The first-order valence-electron chi connectivity index (χ1n) is 7.16. The van der Waals surface area contributed by atoms with Crippen LogP contribution in [0, 0.1) is 13.8 Å². The number of rotatable bonds is 6. The number of aryl methyl sites for hydroxylation is 2. The highest BCUT2D eigenvalue weighted by molar-refractivity contribution is 8.01. The van der Waals surface area contributed by atoms with Crippen molar-refractivity contribution in [1.82, 2.24) is 10.0 Å². The van der Waals surface area contributed by atoms with Gasteiger partial charge < -0.3 is 9.73 Å². The minimum Gasteiger partial charge on any atom is -0.465 e. The first-order chi connectivity index (χ1) is 9.79. The zero-order valence-electron chi connectivity index (χ0n) is 13.1. The average molecular weight is 332 g/mol. The fourth-order valence-corrected chi connectivity index (χ4v) is 5.69. The molecule has 0 aliphatic carbocycles. The summed E-state index contributed by atoms with van der Waals surface area (Å²) < 4.78 is 33.6. The van der Waals surface area contributed by atoms with Crippen molar-refractivity contribution in [3.8, 4) is 0 Å². The van der Waals surface area contributed by atoms with Crippen LogP contribution in [-0.4, -0.2) is 32.5 Å². The van der Waals surface area contributed by atoms with Crippen molar-refractivity contribution >= 4 is 21.8 Å². The van der Waals surface area contributed by atoms with E-state index < -0.39 is 10.0 Å². The van der Waals surface area contributed by atoms with Crippen LogP contribution in [-0.2, 0) is 16.6 Å². The maximum atomic E-state index is 12.7. The SMILES string of the molecule is CNCc1c(C)oc(C)c1S(=O)(=O)NCC1(C)CCCS1. The Morgan fingerprint density at radius 2 is 2.05 bits per heavy atom. The topological polar surface area (TPSA) is 71.3 Å². The van der Waals surface area contributed by atoms with Gasteiger partial charge in [-0.05, 0) is 46.4 Å². The number of sulfonamides is 1. The largest absolute Gasteiger partial charge is 0.465 e. The van der Waals surface area contributed by atoms with Gasteiger partial charge in [-0.2, -0.15) is 11.8 Å². The Kier molecular flexibility index (Phi) is 5.07. The molecular weight excluding hydrogens is 308 g/mol. The summed E-state index contributed by atoms with van der Waals surface area (Å²) in [5.41, 5.74) is 0.715. The first kappa shape index (κ1) is 16.9. The van der Waals surface area contributed by atoms with E-state index in [-0.39, 0.29) is 4.75 Å². The lowest BCUT2D eigenvalue weighted by Gasteiger charge is -2.22.